The van der Waals surface area contributed by atoms with Crippen LogP contribution in [0.4, 0.5) is 10.1 Å². The smallest absolute Gasteiger partial charge is 0.282 e. The lowest BCUT2D eigenvalue weighted by molar-refractivity contribution is -0.709. The standard InChI is InChI=1S/C17H18ClFN2O/c1-11(13-3-5-14(18)6-4-13)20-12(2)17(22)21-16-9-7-15(19)8-10-16/h3-12,20H,1-2H3,(H,21,22)/p+1/t11-,12+/m0/s1. The Balaban J connectivity index is 1.93. The van der Waals surface area contributed by atoms with Gasteiger partial charge in [-0.2, -0.15) is 0 Å². The van der Waals surface area contributed by atoms with Gasteiger partial charge in [0, 0.05) is 16.3 Å². The van der Waals surface area contributed by atoms with Crippen LogP contribution in [0.3, 0.4) is 0 Å². The fourth-order valence-corrected chi connectivity index (χ4v) is 2.31. The van der Waals surface area contributed by atoms with Crippen molar-refractivity contribution in [3.05, 3.63) is 64.9 Å². The van der Waals surface area contributed by atoms with Gasteiger partial charge in [0.25, 0.3) is 5.91 Å². The van der Waals surface area contributed by atoms with Gasteiger partial charge < -0.3 is 10.6 Å². The van der Waals surface area contributed by atoms with Gasteiger partial charge in [0.2, 0.25) is 0 Å². The van der Waals surface area contributed by atoms with Crippen LogP contribution in [0.1, 0.15) is 25.5 Å². The monoisotopic (exact) mass is 321 g/mol. The van der Waals surface area contributed by atoms with Crippen molar-refractivity contribution in [3.63, 3.8) is 0 Å². The second-order valence-electron chi connectivity index (χ2n) is 5.32. The van der Waals surface area contributed by atoms with Gasteiger partial charge in [0.05, 0.1) is 0 Å². The molecule has 3 N–H and O–H groups in total. The van der Waals surface area contributed by atoms with Crippen LogP contribution in [0.5, 0.6) is 0 Å². The Kier molecular flexibility index (Phi) is 5.52. The van der Waals surface area contributed by atoms with Crippen molar-refractivity contribution < 1.29 is 14.5 Å². The highest BCUT2D eigenvalue weighted by Crippen LogP contribution is 2.14. The van der Waals surface area contributed by atoms with Crippen molar-refractivity contribution in [3.8, 4) is 0 Å². The maximum atomic E-state index is 12.8. The Bertz CT molecular complexity index is 628. The van der Waals surface area contributed by atoms with E-state index < -0.39 is 0 Å². The van der Waals surface area contributed by atoms with E-state index in [9.17, 15) is 9.18 Å². The van der Waals surface area contributed by atoms with Gasteiger partial charge in [-0.05, 0) is 50.2 Å². The molecule has 0 saturated heterocycles. The summed E-state index contributed by atoms with van der Waals surface area (Å²) in [5.41, 5.74) is 1.69. The van der Waals surface area contributed by atoms with Gasteiger partial charge in [-0.25, -0.2) is 4.39 Å². The predicted molar refractivity (Wildman–Crippen MR) is 86.3 cm³/mol. The van der Waals surface area contributed by atoms with E-state index in [-0.39, 0.29) is 23.8 Å². The lowest BCUT2D eigenvalue weighted by Crippen LogP contribution is -2.91. The van der Waals surface area contributed by atoms with Gasteiger partial charge in [0.1, 0.15) is 11.9 Å². The summed E-state index contributed by atoms with van der Waals surface area (Å²) >= 11 is 5.87. The number of quaternary nitrogens is 1. The number of hydrogen-bond donors (Lipinski definition) is 2. The number of benzene rings is 2. The Labute approximate surface area is 134 Å². The molecular weight excluding hydrogens is 303 g/mol. The van der Waals surface area contributed by atoms with Gasteiger partial charge >= 0.3 is 0 Å². The van der Waals surface area contributed by atoms with Crippen LogP contribution in [-0.4, -0.2) is 11.9 Å². The first-order chi connectivity index (χ1) is 10.5. The van der Waals surface area contributed by atoms with Crippen molar-refractivity contribution in [1.29, 1.82) is 0 Å². The molecule has 0 heterocycles. The molecule has 0 radical (unpaired) electrons. The van der Waals surface area contributed by atoms with E-state index >= 15 is 0 Å². The first-order valence-electron chi connectivity index (χ1n) is 7.12. The molecule has 0 spiro atoms. The summed E-state index contributed by atoms with van der Waals surface area (Å²) < 4.78 is 12.8. The lowest BCUT2D eigenvalue weighted by Gasteiger charge is -2.17. The molecule has 0 aliphatic carbocycles. The van der Waals surface area contributed by atoms with Crippen LogP contribution in [0.2, 0.25) is 5.02 Å². The summed E-state index contributed by atoms with van der Waals surface area (Å²) in [6.07, 6.45) is 0. The van der Waals surface area contributed by atoms with E-state index in [1.54, 1.807) is 12.1 Å². The predicted octanol–water partition coefficient (Wildman–Crippen LogP) is 3.13. The number of carbonyl (C=O) groups is 1. The fourth-order valence-electron chi connectivity index (χ4n) is 2.19. The number of anilines is 1. The van der Waals surface area contributed by atoms with Crippen LogP contribution >= 0.6 is 11.6 Å². The number of hydrogen-bond acceptors (Lipinski definition) is 1. The summed E-state index contributed by atoms with van der Waals surface area (Å²) in [6, 6.07) is 13.2. The number of amides is 1. The van der Waals surface area contributed by atoms with Crippen molar-refractivity contribution in [2.45, 2.75) is 25.9 Å². The topological polar surface area (TPSA) is 45.7 Å². The molecule has 5 heteroatoms. The van der Waals surface area contributed by atoms with Crippen LogP contribution in [0.15, 0.2) is 48.5 Å². The number of nitrogens with one attached hydrogen (secondary N) is 1. The highest BCUT2D eigenvalue weighted by molar-refractivity contribution is 6.30. The Morgan fingerprint density at radius 3 is 2.27 bits per heavy atom. The van der Waals surface area contributed by atoms with Gasteiger partial charge in [-0.3, -0.25) is 4.79 Å². The van der Waals surface area contributed by atoms with Crippen LogP contribution in [0, 0.1) is 5.82 Å². The normalized spacial score (nSPS) is 13.5. The molecule has 0 unspecified atom stereocenters. The number of rotatable bonds is 5. The zero-order chi connectivity index (χ0) is 16.1. The maximum absolute atomic E-state index is 12.8. The lowest BCUT2D eigenvalue weighted by atomic mass is 10.1. The third kappa shape index (κ3) is 4.55. The molecule has 0 saturated carbocycles. The molecule has 2 aromatic rings. The molecule has 0 aromatic heterocycles. The van der Waals surface area contributed by atoms with Gasteiger partial charge in [-0.15, -0.1) is 0 Å². The summed E-state index contributed by atoms with van der Waals surface area (Å²) in [4.78, 5) is 12.2. The van der Waals surface area contributed by atoms with E-state index in [1.807, 2.05) is 43.4 Å². The number of carbonyl (C=O) groups excluding carboxylic acids is 1. The first-order valence-corrected chi connectivity index (χ1v) is 7.50. The first kappa shape index (κ1) is 16.5. The van der Waals surface area contributed by atoms with Crippen LogP contribution in [-0.2, 0) is 4.79 Å². The molecule has 1 amide bonds. The minimum absolute atomic E-state index is 0.118. The molecule has 0 aliphatic heterocycles. The molecule has 3 nitrogen and oxygen atoms in total. The second-order valence-corrected chi connectivity index (χ2v) is 5.75. The van der Waals surface area contributed by atoms with Crippen LogP contribution < -0.4 is 10.6 Å². The molecule has 116 valence electrons. The zero-order valence-corrected chi connectivity index (χ0v) is 13.3. The molecular formula is C17H19ClFN2O+. The average Bonchev–Trinajstić information content (AvgIpc) is 2.50. The largest absolute Gasteiger partial charge is 0.330 e. The summed E-state index contributed by atoms with van der Waals surface area (Å²) in [5, 5.41) is 5.44. The highest BCUT2D eigenvalue weighted by atomic mass is 35.5. The molecule has 0 aliphatic rings. The maximum Gasteiger partial charge on any atom is 0.282 e. The van der Waals surface area contributed by atoms with Gasteiger partial charge in [0.15, 0.2) is 6.04 Å². The Morgan fingerprint density at radius 2 is 1.68 bits per heavy atom. The quantitative estimate of drug-likeness (QED) is 0.873. The van der Waals surface area contributed by atoms with E-state index in [0.29, 0.717) is 10.7 Å². The molecule has 2 atom stereocenters. The van der Waals surface area contributed by atoms with Crippen LogP contribution in [0.25, 0.3) is 0 Å². The minimum atomic E-state index is -0.325. The van der Waals surface area contributed by atoms with Gasteiger partial charge in [-0.1, -0.05) is 23.7 Å². The fraction of sp³-hybridized carbons (Fsp3) is 0.235. The zero-order valence-electron chi connectivity index (χ0n) is 12.5. The van der Waals surface area contributed by atoms with E-state index in [2.05, 4.69) is 5.32 Å². The Hall–Kier alpha value is -1.91. The van der Waals surface area contributed by atoms with E-state index in [0.717, 1.165) is 5.56 Å². The third-order valence-corrected chi connectivity index (χ3v) is 3.75. The molecule has 22 heavy (non-hydrogen) atoms. The second kappa shape index (κ2) is 7.38. The molecule has 2 rings (SSSR count). The summed E-state index contributed by atoms with van der Waals surface area (Å²) in [6.45, 7) is 3.87. The SMILES string of the molecule is C[C@H]([NH2+][C@H](C)C(=O)Nc1ccc(F)cc1)c1ccc(Cl)cc1. The van der Waals surface area contributed by atoms with E-state index in [4.69, 9.17) is 11.6 Å². The molecule has 0 fully saturated rings. The summed E-state index contributed by atoms with van der Waals surface area (Å²) in [5.74, 6) is -0.443. The van der Waals surface area contributed by atoms with Crippen molar-refractivity contribution in [1.82, 2.24) is 0 Å². The van der Waals surface area contributed by atoms with Crippen molar-refractivity contribution in [2.75, 3.05) is 5.32 Å². The van der Waals surface area contributed by atoms with E-state index in [1.165, 1.54) is 12.1 Å². The van der Waals surface area contributed by atoms with Crippen molar-refractivity contribution in [2.24, 2.45) is 0 Å². The molecule has 2 aromatic carbocycles. The Morgan fingerprint density at radius 1 is 1.09 bits per heavy atom. The average molecular weight is 322 g/mol. The minimum Gasteiger partial charge on any atom is -0.330 e. The summed E-state index contributed by atoms with van der Waals surface area (Å²) in [7, 11) is 0. The number of nitrogens with two attached hydrogens (primary N) is 1. The molecule has 0 bridgehead atoms. The number of halogens is 2. The van der Waals surface area contributed by atoms with Crippen molar-refractivity contribution >= 4 is 23.2 Å². The third-order valence-electron chi connectivity index (χ3n) is 3.50. The highest BCUT2D eigenvalue weighted by Gasteiger charge is 2.20.